The number of halogens is 3. The van der Waals surface area contributed by atoms with E-state index in [2.05, 4.69) is 37.5 Å². The number of thiazole rings is 1. The number of piperidine rings is 1. The quantitative estimate of drug-likeness (QED) is 0.242. The average molecular weight is 630 g/mol. The summed E-state index contributed by atoms with van der Waals surface area (Å²) < 4.78 is 41.9. The Kier molecular flexibility index (Phi) is 8.97. The number of likely N-dealkylation sites (tertiary alicyclic amines) is 1. The molecular weight excluding hydrogens is 599 g/mol. The second-order valence-corrected chi connectivity index (χ2v) is 11.5. The van der Waals surface area contributed by atoms with E-state index in [-0.39, 0.29) is 21.8 Å². The lowest BCUT2D eigenvalue weighted by molar-refractivity contribution is -0.140. The molecular formula is C29H30F3N7O4S. The van der Waals surface area contributed by atoms with E-state index in [1.807, 2.05) is 0 Å². The van der Waals surface area contributed by atoms with Crippen molar-refractivity contribution in [3.8, 4) is 21.7 Å². The van der Waals surface area contributed by atoms with Crippen molar-refractivity contribution in [3.63, 3.8) is 0 Å². The van der Waals surface area contributed by atoms with Crippen LogP contribution in [0.25, 0.3) is 32.7 Å². The van der Waals surface area contributed by atoms with Gasteiger partial charge in [0.2, 0.25) is 5.43 Å². The number of nitrogens with zero attached hydrogens (tertiary/aromatic N) is 5. The van der Waals surface area contributed by atoms with E-state index in [1.165, 1.54) is 30.7 Å². The Morgan fingerprint density at radius 1 is 1.14 bits per heavy atom. The highest BCUT2D eigenvalue weighted by Gasteiger charge is 2.34. The zero-order valence-corrected chi connectivity index (χ0v) is 24.8. The Labute approximate surface area is 253 Å². The molecule has 0 unspecified atom stereocenters. The largest absolute Gasteiger partial charge is 0.477 e. The molecule has 1 saturated heterocycles. The summed E-state index contributed by atoms with van der Waals surface area (Å²) in [5.74, 6) is -0.856. The molecule has 0 bridgehead atoms. The highest BCUT2D eigenvalue weighted by Crippen LogP contribution is 2.38. The molecule has 11 nitrogen and oxygen atoms in total. The number of pyridine rings is 3. The molecule has 0 radical (unpaired) electrons. The molecule has 1 aliphatic heterocycles. The molecule has 1 fully saturated rings. The third-order valence-corrected chi connectivity index (χ3v) is 8.45. The van der Waals surface area contributed by atoms with E-state index in [0.717, 1.165) is 49.1 Å². The van der Waals surface area contributed by atoms with Crippen molar-refractivity contribution in [2.24, 2.45) is 5.92 Å². The number of hydrogen-bond donors (Lipinski definition) is 3. The van der Waals surface area contributed by atoms with Crippen molar-refractivity contribution in [2.45, 2.75) is 38.9 Å². The fourth-order valence-corrected chi connectivity index (χ4v) is 6.05. The second-order valence-electron chi connectivity index (χ2n) is 10.6. The van der Waals surface area contributed by atoms with Crippen LogP contribution >= 0.6 is 11.3 Å². The fourth-order valence-electron chi connectivity index (χ4n) is 5.20. The number of nitrogens with one attached hydrogen (secondary N) is 2. The van der Waals surface area contributed by atoms with E-state index < -0.39 is 34.9 Å². The SMILES string of the molecule is CCNC(=O)Nc1cc(-c2nc(C(F)(F)F)cs2)c(-c2cnc3c(c2)c(=O)c(C(=O)O)cn3CCC2CCN(C)CC2)cn1. The van der Waals surface area contributed by atoms with Gasteiger partial charge in [0, 0.05) is 53.8 Å². The molecule has 0 aliphatic carbocycles. The maximum atomic E-state index is 13.4. The Balaban J connectivity index is 1.59. The number of amides is 2. The van der Waals surface area contributed by atoms with Crippen molar-refractivity contribution in [2.75, 3.05) is 32.0 Å². The molecule has 44 heavy (non-hydrogen) atoms. The van der Waals surface area contributed by atoms with Crippen molar-refractivity contribution in [1.82, 2.24) is 29.7 Å². The molecule has 4 aromatic heterocycles. The monoisotopic (exact) mass is 629 g/mol. The zero-order chi connectivity index (χ0) is 31.6. The number of anilines is 1. The standard InChI is InChI=1S/C29H30F3N7O4S/c1-3-33-28(43)37-23-11-18(26-36-22(15-44-26)29(30,31)32)20(13-34-23)17-10-19-24(40)21(27(41)42)14-39(25(19)35-12-17)9-6-16-4-7-38(2)8-5-16/h10-16H,3-9H2,1-2H3,(H,41,42)(H2,33,34,37,43). The summed E-state index contributed by atoms with van der Waals surface area (Å²) in [6.45, 7) is 4.49. The number of aromatic carboxylic acids is 1. The van der Waals surface area contributed by atoms with Gasteiger partial charge >= 0.3 is 18.2 Å². The van der Waals surface area contributed by atoms with Gasteiger partial charge in [-0.25, -0.2) is 24.5 Å². The molecule has 4 aromatic rings. The van der Waals surface area contributed by atoms with E-state index in [9.17, 15) is 32.7 Å². The lowest BCUT2D eigenvalue weighted by Crippen LogP contribution is -2.30. The van der Waals surface area contributed by atoms with E-state index >= 15 is 0 Å². The Hall–Kier alpha value is -4.37. The van der Waals surface area contributed by atoms with Gasteiger partial charge in [-0.15, -0.1) is 11.3 Å². The van der Waals surface area contributed by atoms with E-state index in [4.69, 9.17) is 0 Å². The van der Waals surface area contributed by atoms with Crippen molar-refractivity contribution in [3.05, 3.63) is 57.6 Å². The predicted octanol–water partition coefficient (Wildman–Crippen LogP) is 5.17. The third-order valence-electron chi connectivity index (χ3n) is 7.58. The maximum Gasteiger partial charge on any atom is 0.434 e. The minimum absolute atomic E-state index is 0.00333. The van der Waals surface area contributed by atoms with Crippen LogP contribution in [0.3, 0.4) is 0 Å². The number of aryl methyl sites for hydroxylation is 1. The lowest BCUT2D eigenvalue weighted by Gasteiger charge is -2.29. The molecule has 0 atom stereocenters. The smallest absolute Gasteiger partial charge is 0.434 e. The van der Waals surface area contributed by atoms with Gasteiger partial charge in [0.15, 0.2) is 5.69 Å². The summed E-state index contributed by atoms with van der Waals surface area (Å²) in [5, 5.41) is 15.8. The van der Waals surface area contributed by atoms with E-state index in [0.29, 0.717) is 35.8 Å². The molecule has 5 rings (SSSR count). The summed E-state index contributed by atoms with van der Waals surface area (Å²) in [4.78, 5) is 52.2. The number of alkyl halides is 3. The molecule has 0 aromatic carbocycles. The first-order valence-electron chi connectivity index (χ1n) is 14.0. The Morgan fingerprint density at radius 3 is 2.55 bits per heavy atom. The van der Waals surface area contributed by atoms with Gasteiger partial charge in [0.1, 0.15) is 22.0 Å². The predicted molar refractivity (Wildman–Crippen MR) is 160 cm³/mol. The van der Waals surface area contributed by atoms with E-state index in [1.54, 1.807) is 11.5 Å². The van der Waals surface area contributed by atoms with Gasteiger partial charge in [-0.3, -0.25) is 10.1 Å². The minimum atomic E-state index is -4.67. The summed E-state index contributed by atoms with van der Waals surface area (Å²) in [6, 6.07) is 2.31. The first-order valence-corrected chi connectivity index (χ1v) is 14.9. The zero-order valence-electron chi connectivity index (χ0n) is 23.9. The van der Waals surface area contributed by atoms with Gasteiger partial charge in [0.05, 0.1) is 5.39 Å². The number of aromatic nitrogens is 4. The van der Waals surface area contributed by atoms with Crippen LogP contribution in [0.2, 0.25) is 0 Å². The number of carboxylic acids is 1. The van der Waals surface area contributed by atoms with Gasteiger partial charge in [-0.2, -0.15) is 13.2 Å². The Morgan fingerprint density at radius 2 is 1.89 bits per heavy atom. The van der Waals surface area contributed by atoms with Crippen LogP contribution in [-0.2, 0) is 12.7 Å². The summed E-state index contributed by atoms with van der Waals surface area (Å²) in [7, 11) is 2.07. The number of carbonyl (C=O) groups is 2. The van der Waals surface area contributed by atoms with Crippen molar-refractivity contribution < 1.29 is 27.9 Å². The van der Waals surface area contributed by atoms with Gasteiger partial charge in [-0.1, -0.05) is 0 Å². The average Bonchev–Trinajstić information content (AvgIpc) is 3.49. The molecule has 5 heterocycles. The summed E-state index contributed by atoms with van der Waals surface area (Å²) in [5.41, 5.74) is -1.09. The molecule has 0 saturated carbocycles. The highest BCUT2D eigenvalue weighted by atomic mass is 32.1. The van der Waals surface area contributed by atoms with Crippen LogP contribution in [0.5, 0.6) is 0 Å². The maximum absolute atomic E-state index is 13.4. The number of urea groups is 1. The van der Waals surface area contributed by atoms with Crippen LogP contribution in [0.15, 0.2) is 40.9 Å². The highest BCUT2D eigenvalue weighted by molar-refractivity contribution is 7.13. The van der Waals surface area contributed by atoms with Gasteiger partial charge in [0.25, 0.3) is 0 Å². The van der Waals surface area contributed by atoms with Crippen molar-refractivity contribution >= 4 is 40.2 Å². The van der Waals surface area contributed by atoms with Crippen LogP contribution in [0, 0.1) is 5.92 Å². The third kappa shape index (κ3) is 6.73. The molecule has 15 heteroatoms. The number of rotatable bonds is 8. The van der Waals surface area contributed by atoms with Gasteiger partial charge in [-0.05, 0) is 64.4 Å². The van der Waals surface area contributed by atoms with Gasteiger partial charge < -0.3 is 19.9 Å². The number of hydrogen-bond acceptors (Lipinski definition) is 8. The summed E-state index contributed by atoms with van der Waals surface area (Å²) >= 11 is 0.758. The number of carboxylic acid groups (broad SMARTS) is 1. The summed E-state index contributed by atoms with van der Waals surface area (Å²) in [6.07, 6.45) is 2.28. The lowest BCUT2D eigenvalue weighted by atomic mass is 9.94. The molecule has 1 aliphatic rings. The number of fused-ring (bicyclic) bond motifs is 1. The van der Waals surface area contributed by atoms with Crippen LogP contribution in [0.4, 0.5) is 23.8 Å². The fraction of sp³-hybridized carbons (Fsp3) is 0.379. The van der Waals surface area contributed by atoms with Crippen LogP contribution in [-0.4, -0.2) is 68.2 Å². The normalized spacial score (nSPS) is 14.6. The van der Waals surface area contributed by atoms with Crippen LogP contribution < -0.4 is 16.1 Å². The topological polar surface area (TPSA) is 142 Å². The molecule has 232 valence electrons. The first kappa shape index (κ1) is 31.1. The molecule has 0 spiro atoms. The Bertz CT molecular complexity index is 1760. The van der Waals surface area contributed by atoms with Crippen molar-refractivity contribution in [1.29, 1.82) is 0 Å². The van der Waals surface area contributed by atoms with Crippen LogP contribution in [0.1, 0.15) is 42.2 Å². The number of carbonyl (C=O) groups excluding carboxylic acids is 1. The minimum Gasteiger partial charge on any atom is -0.477 e. The second kappa shape index (κ2) is 12.7. The first-order chi connectivity index (χ1) is 20.9. The molecule has 2 amide bonds. The molecule has 3 N–H and O–H groups in total.